The second-order valence-corrected chi connectivity index (χ2v) is 9.66. The fourth-order valence-corrected chi connectivity index (χ4v) is 4.77. The number of carbonyl (C=O) groups is 2. The van der Waals surface area contributed by atoms with Crippen molar-refractivity contribution in [3.63, 3.8) is 0 Å². The third-order valence-corrected chi connectivity index (χ3v) is 6.29. The highest BCUT2D eigenvalue weighted by molar-refractivity contribution is 8.24. The summed E-state index contributed by atoms with van der Waals surface area (Å²) in [5.74, 6) is -1.00. The maximum Gasteiger partial charge on any atom is 0.252 e. The Hall–Kier alpha value is -1.96. The second-order valence-electron chi connectivity index (χ2n) is 6.94. The highest BCUT2D eigenvalue weighted by Gasteiger charge is 2.46. The molecule has 0 saturated carbocycles. The van der Waals surface area contributed by atoms with Gasteiger partial charge in [0.25, 0.3) is 11.8 Å². The lowest BCUT2D eigenvalue weighted by Gasteiger charge is -2.42. The van der Waals surface area contributed by atoms with E-state index in [1.807, 2.05) is 13.8 Å². The molecule has 1 aliphatic rings. The summed E-state index contributed by atoms with van der Waals surface area (Å²) in [5, 5.41) is 3.35. The Morgan fingerprint density at radius 2 is 1.82 bits per heavy atom. The topological polar surface area (TPSA) is 49.4 Å². The Balaban J connectivity index is 1.81. The van der Waals surface area contributed by atoms with Gasteiger partial charge in [0.05, 0.1) is 6.54 Å². The molecular formula is C20H18ClFN2O2S2. The number of carbonyl (C=O) groups excluding carboxylic acids is 2. The molecular weight excluding hydrogens is 419 g/mol. The molecule has 0 radical (unpaired) electrons. The fourth-order valence-electron chi connectivity index (χ4n) is 2.85. The summed E-state index contributed by atoms with van der Waals surface area (Å²) >= 11 is 12.6. The van der Waals surface area contributed by atoms with Crippen LogP contribution in [0.3, 0.4) is 0 Å². The first-order valence-electron chi connectivity index (χ1n) is 8.52. The van der Waals surface area contributed by atoms with E-state index in [0.717, 1.165) is 5.56 Å². The Morgan fingerprint density at radius 3 is 2.43 bits per heavy atom. The van der Waals surface area contributed by atoms with Crippen LogP contribution in [0.5, 0.6) is 0 Å². The van der Waals surface area contributed by atoms with Gasteiger partial charge in [0.1, 0.15) is 16.2 Å². The smallest absolute Gasteiger partial charge is 0.252 e. The molecule has 0 spiro atoms. The highest BCUT2D eigenvalue weighted by atomic mass is 35.5. The van der Waals surface area contributed by atoms with Crippen molar-refractivity contribution in [2.45, 2.75) is 31.2 Å². The van der Waals surface area contributed by atoms with Gasteiger partial charge >= 0.3 is 0 Å². The first-order valence-corrected chi connectivity index (χ1v) is 10.1. The number of benzene rings is 2. The molecule has 146 valence electrons. The number of thiocarbonyl (C=S) groups is 1. The first kappa shape index (κ1) is 20.8. The summed E-state index contributed by atoms with van der Waals surface area (Å²) < 4.78 is 13.0. The first-order chi connectivity index (χ1) is 13.2. The van der Waals surface area contributed by atoms with Crippen LogP contribution in [0.2, 0.25) is 5.02 Å². The van der Waals surface area contributed by atoms with Gasteiger partial charge in [-0.2, -0.15) is 0 Å². The summed E-state index contributed by atoms with van der Waals surface area (Å²) in [6.07, 6.45) is 0. The van der Waals surface area contributed by atoms with Crippen LogP contribution in [-0.2, 0) is 11.3 Å². The molecule has 4 nitrogen and oxygen atoms in total. The zero-order valence-corrected chi connectivity index (χ0v) is 17.6. The SMILES string of the molecule is CC1(C)SC(=S)N(Cc2ccc(F)cc2)C(=O)C1NC(=O)c1ccc(Cl)cc1. The van der Waals surface area contributed by atoms with E-state index in [1.165, 1.54) is 28.8 Å². The van der Waals surface area contributed by atoms with Gasteiger partial charge in [-0.05, 0) is 55.8 Å². The molecule has 1 heterocycles. The van der Waals surface area contributed by atoms with Crippen LogP contribution in [0, 0.1) is 5.82 Å². The van der Waals surface area contributed by atoms with E-state index in [9.17, 15) is 14.0 Å². The van der Waals surface area contributed by atoms with Gasteiger partial charge in [-0.15, -0.1) is 0 Å². The van der Waals surface area contributed by atoms with Gasteiger partial charge in [-0.1, -0.05) is 47.7 Å². The third kappa shape index (κ3) is 4.54. The van der Waals surface area contributed by atoms with Crippen molar-refractivity contribution >= 4 is 51.7 Å². The lowest BCUT2D eigenvalue weighted by Crippen LogP contribution is -2.62. The zero-order valence-electron chi connectivity index (χ0n) is 15.2. The van der Waals surface area contributed by atoms with E-state index in [-0.39, 0.29) is 24.2 Å². The van der Waals surface area contributed by atoms with Crippen molar-refractivity contribution in [1.29, 1.82) is 0 Å². The molecule has 2 aromatic carbocycles. The van der Waals surface area contributed by atoms with E-state index >= 15 is 0 Å². The van der Waals surface area contributed by atoms with Crippen LogP contribution in [0.15, 0.2) is 48.5 Å². The summed E-state index contributed by atoms with van der Waals surface area (Å²) in [7, 11) is 0. The van der Waals surface area contributed by atoms with E-state index < -0.39 is 10.8 Å². The lowest BCUT2D eigenvalue weighted by atomic mass is 10.00. The zero-order chi connectivity index (χ0) is 20.5. The van der Waals surface area contributed by atoms with Gasteiger partial charge in [-0.3, -0.25) is 14.5 Å². The van der Waals surface area contributed by atoms with E-state index in [2.05, 4.69) is 5.32 Å². The van der Waals surface area contributed by atoms with Crippen LogP contribution in [0.1, 0.15) is 29.8 Å². The van der Waals surface area contributed by atoms with E-state index in [0.29, 0.717) is 14.9 Å². The van der Waals surface area contributed by atoms with E-state index in [4.69, 9.17) is 23.8 Å². The molecule has 1 N–H and O–H groups in total. The van der Waals surface area contributed by atoms with Crippen LogP contribution in [-0.4, -0.2) is 31.8 Å². The Kier molecular flexibility index (Phi) is 6.07. The van der Waals surface area contributed by atoms with Crippen molar-refractivity contribution in [2.24, 2.45) is 0 Å². The summed E-state index contributed by atoms with van der Waals surface area (Å²) in [5.41, 5.74) is 1.16. The Morgan fingerprint density at radius 1 is 1.21 bits per heavy atom. The average Bonchev–Trinajstić information content (AvgIpc) is 2.64. The molecule has 0 aliphatic carbocycles. The molecule has 0 bridgehead atoms. The molecule has 0 aromatic heterocycles. The summed E-state index contributed by atoms with van der Waals surface area (Å²) in [6.45, 7) is 3.95. The Labute approximate surface area is 177 Å². The average molecular weight is 437 g/mol. The van der Waals surface area contributed by atoms with Gasteiger partial charge in [0.15, 0.2) is 0 Å². The molecule has 1 unspecified atom stereocenters. The minimum absolute atomic E-state index is 0.217. The van der Waals surface area contributed by atoms with Crippen molar-refractivity contribution < 1.29 is 14.0 Å². The fraction of sp³-hybridized carbons (Fsp3) is 0.250. The van der Waals surface area contributed by atoms with Crippen molar-refractivity contribution in [1.82, 2.24) is 10.2 Å². The number of nitrogens with one attached hydrogen (secondary N) is 1. The summed E-state index contributed by atoms with van der Waals surface area (Å²) in [6, 6.07) is 11.6. The highest BCUT2D eigenvalue weighted by Crippen LogP contribution is 2.37. The minimum atomic E-state index is -0.771. The van der Waals surface area contributed by atoms with Gasteiger partial charge in [-0.25, -0.2) is 4.39 Å². The number of hydrogen-bond acceptors (Lipinski definition) is 4. The minimum Gasteiger partial charge on any atom is -0.339 e. The number of thioether (sulfide) groups is 1. The third-order valence-electron chi connectivity index (χ3n) is 4.41. The van der Waals surface area contributed by atoms with Crippen molar-refractivity contribution in [2.75, 3.05) is 0 Å². The predicted octanol–water partition coefficient (Wildman–Crippen LogP) is 4.42. The molecule has 8 heteroatoms. The Bertz CT molecular complexity index is 917. The van der Waals surface area contributed by atoms with Gasteiger partial charge in [0.2, 0.25) is 0 Å². The quantitative estimate of drug-likeness (QED) is 0.721. The van der Waals surface area contributed by atoms with Gasteiger partial charge < -0.3 is 5.32 Å². The lowest BCUT2D eigenvalue weighted by molar-refractivity contribution is -0.130. The second kappa shape index (κ2) is 8.19. The number of hydrogen-bond donors (Lipinski definition) is 1. The van der Waals surface area contributed by atoms with Crippen LogP contribution in [0.25, 0.3) is 0 Å². The molecule has 1 fully saturated rings. The van der Waals surface area contributed by atoms with Crippen LogP contribution in [0.4, 0.5) is 4.39 Å². The maximum atomic E-state index is 13.2. The molecule has 1 saturated heterocycles. The molecule has 28 heavy (non-hydrogen) atoms. The standard InChI is InChI=1S/C20H18ClFN2O2S2/c1-20(2)16(23-17(25)13-5-7-14(21)8-6-13)18(26)24(19(27)28-20)11-12-3-9-15(22)10-4-12/h3-10,16H,11H2,1-2H3,(H,23,25). The largest absolute Gasteiger partial charge is 0.339 e. The monoisotopic (exact) mass is 436 g/mol. The maximum absolute atomic E-state index is 13.2. The van der Waals surface area contributed by atoms with Gasteiger partial charge in [0, 0.05) is 15.3 Å². The molecule has 3 rings (SSSR count). The van der Waals surface area contributed by atoms with Crippen LogP contribution < -0.4 is 5.32 Å². The number of halogens is 2. The van der Waals surface area contributed by atoms with Crippen LogP contribution >= 0.6 is 35.6 Å². The normalized spacial score (nSPS) is 18.9. The summed E-state index contributed by atoms with van der Waals surface area (Å²) in [4.78, 5) is 27.2. The number of nitrogens with zero attached hydrogens (tertiary/aromatic N) is 1. The number of rotatable bonds is 4. The number of amides is 2. The molecule has 1 atom stereocenters. The van der Waals surface area contributed by atoms with E-state index in [1.54, 1.807) is 36.4 Å². The van der Waals surface area contributed by atoms with Crippen molar-refractivity contribution in [3.8, 4) is 0 Å². The van der Waals surface area contributed by atoms with Crippen molar-refractivity contribution in [3.05, 3.63) is 70.5 Å². The predicted molar refractivity (Wildman–Crippen MR) is 114 cm³/mol. The molecule has 1 aliphatic heterocycles. The molecule has 2 aromatic rings. The molecule has 2 amide bonds.